The van der Waals surface area contributed by atoms with Crippen molar-refractivity contribution in [2.75, 3.05) is 11.4 Å². The smallest absolute Gasteiger partial charge is 0.395 e. The molecule has 0 fully saturated rings. The van der Waals surface area contributed by atoms with E-state index in [4.69, 9.17) is 0 Å². The molecule has 3 aromatic heterocycles. The van der Waals surface area contributed by atoms with E-state index in [0.717, 1.165) is 15.6 Å². The molecule has 2 N–H and O–H groups in total. The summed E-state index contributed by atoms with van der Waals surface area (Å²) in [5.41, 5.74) is 2.21. The molecule has 36 heavy (non-hydrogen) atoms. The van der Waals surface area contributed by atoms with E-state index in [-0.39, 0.29) is 23.6 Å². The number of aromatic nitrogens is 6. The number of benzene rings is 2. The Labute approximate surface area is 200 Å². The second-order valence-corrected chi connectivity index (χ2v) is 8.05. The zero-order chi connectivity index (χ0) is 25.0. The number of hydrogen-bond acceptors (Lipinski definition) is 7. The Kier molecular flexibility index (Phi) is 4.74. The van der Waals surface area contributed by atoms with Gasteiger partial charge in [0, 0.05) is 29.2 Å². The predicted octanol–water partition coefficient (Wildman–Crippen LogP) is 3.04. The van der Waals surface area contributed by atoms with Crippen molar-refractivity contribution in [2.24, 2.45) is 0 Å². The standard InChI is InChI=1S/C23H17F2N7O4/c1-2-31(14-5-6-16-17(8-14)36-23(24,25)35-16)18(33)10-32-22(34)21-20(26-11-27-21)19(30-32)12-3-4-13-9-28-29-15(13)7-12/h3-9,11H,2,10H2,1H3,(H,26,27)(H,28,29). The van der Waals surface area contributed by atoms with Gasteiger partial charge in [0.15, 0.2) is 11.5 Å². The Morgan fingerprint density at radius 1 is 1.17 bits per heavy atom. The maximum Gasteiger partial charge on any atom is 0.586 e. The molecule has 11 nitrogen and oxygen atoms in total. The molecule has 0 spiro atoms. The predicted molar refractivity (Wildman–Crippen MR) is 124 cm³/mol. The minimum atomic E-state index is -3.77. The van der Waals surface area contributed by atoms with Gasteiger partial charge in [0.25, 0.3) is 5.56 Å². The van der Waals surface area contributed by atoms with Crippen molar-refractivity contribution in [3.8, 4) is 22.8 Å². The number of hydrogen-bond donors (Lipinski definition) is 2. The molecule has 0 unspecified atom stereocenters. The summed E-state index contributed by atoms with van der Waals surface area (Å²) in [7, 11) is 0. The maximum absolute atomic E-state index is 13.4. The number of nitrogens with one attached hydrogen (secondary N) is 2. The van der Waals surface area contributed by atoms with Crippen LogP contribution in [0.4, 0.5) is 14.5 Å². The van der Waals surface area contributed by atoms with Gasteiger partial charge >= 0.3 is 6.29 Å². The first-order valence-corrected chi connectivity index (χ1v) is 10.9. The van der Waals surface area contributed by atoms with Crippen molar-refractivity contribution < 1.29 is 23.0 Å². The molecule has 5 aromatic rings. The minimum Gasteiger partial charge on any atom is -0.395 e. The van der Waals surface area contributed by atoms with Gasteiger partial charge in [-0.05, 0) is 25.1 Å². The molecule has 182 valence electrons. The van der Waals surface area contributed by atoms with Crippen molar-refractivity contribution in [1.29, 1.82) is 0 Å². The lowest BCUT2D eigenvalue weighted by molar-refractivity contribution is -0.286. The number of alkyl halides is 2. The fourth-order valence-electron chi connectivity index (χ4n) is 4.19. The number of aromatic amines is 2. The molecule has 4 heterocycles. The molecule has 0 saturated carbocycles. The van der Waals surface area contributed by atoms with Crippen LogP contribution in [-0.4, -0.2) is 48.7 Å². The summed E-state index contributed by atoms with van der Waals surface area (Å²) in [6.07, 6.45) is -0.694. The van der Waals surface area contributed by atoms with Crippen LogP contribution in [0.25, 0.3) is 33.2 Å². The van der Waals surface area contributed by atoms with Crippen LogP contribution in [0.15, 0.2) is 53.7 Å². The van der Waals surface area contributed by atoms with Crippen molar-refractivity contribution in [3.05, 3.63) is 59.3 Å². The van der Waals surface area contributed by atoms with E-state index < -0.39 is 24.3 Å². The number of carbonyl (C=O) groups is 1. The van der Waals surface area contributed by atoms with E-state index in [1.165, 1.54) is 29.4 Å². The van der Waals surface area contributed by atoms with E-state index in [1.54, 1.807) is 13.1 Å². The van der Waals surface area contributed by atoms with Crippen LogP contribution in [0.5, 0.6) is 11.5 Å². The van der Waals surface area contributed by atoms with Gasteiger partial charge in [-0.1, -0.05) is 12.1 Å². The quantitative estimate of drug-likeness (QED) is 0.385. The second-order valence-electron chi connectivity index (χ2n) is 8.05. The molecule has 0 radical (unpaired) electrons. The molecule has 1 aliphatic heterocycles. The SMILES string of the molecule is CCN(C(=O)Cn1nc(-c2ccc3cn[nH]c3c2)c2nc[nH]c2c1=O)c1ccc2c(c1)OC(F)(F)O2. The van der Waals surface area contributed by atoms with Gasteiger partial charge in [-0.3, -0.25) is 14.7 Å². The third kappa shape index (κ3) is 3.52. The highest BCUT2D eigenvalue weighted by Crippen LogP contribution is 2.42. The number of ether oxygens (including phenoxy) is 2. The molecule has 6 rings (SSSR count). The van der Waals surface area contributed by atoms with Crippen molar-refractivity contribution >= 4 is 33.5 Å². The monoisotopic (exact) mass is 493 g/mol. The highest BCUT2D eigenvalue weighted by molar-refractivity contribution is 5.95. The average molecular weight is 493 g/mol. The zero-order valence-corrected chi connectivity index (χ0v) is 18.7. The number of halogens is 2. The summed E-state index contributed by atoms with van der Waals surface area (Å²) in [4.78, 5) is 34.7. The Morgan fingerprint density at radius 3 is 2.83 bits per heavy atom. The molecular weight excluding hydrogens is 476 g/mol. The molecule has 0 aliphatic carbocycles. The van der Waals surface area contributed by atoms with Crippen LogP contribution in [0.2, 0.25) is 0 Å². The zero-order valence-electron chi connectivity index (χ0n) is 18.7. The first kappa shape index (κ1) is 21.7. The van der Waals surface area contributed by atoms with Crippen LogP contribution in [0.3, 0.4) is 0 Å². The van der Waals surface area contributed by atoms with E-state index >= 15 is 0 Å². The van der Waals surface area contributed by atoms with Crippen LogP contribution < -0.4 is 19.9 Å². The number of nitrogens with zero attached hydrogens (tertiary/aromatic N) is 5. The van der Waals surface area contributed by atoms with Crippen molar-refractivity contribution in [3.63, 3.8) is 0 Å². The fourth-order valence-corrected chi connectivity index (χ4v) is 4.19. The first-order chi connectivity index (χ1) is 17.3. The number of rotatable bonds is 5. The first-order valence-electron chi connectivity index (χ1n) is 10.9. The number of amides is 1. The third-order valence-corrected chi connectivity index (χ3v) is 5.85. The maximum atomic E-state index is 13.4. The lowest BCUT2D eigenvalue weighted by Gasteiger charge is -2.21. The largest absolute Gasteiger partial charge is 0.586 e. The molecule has 2 aromatic carbocycles. The van der Waals surface area contributed by atoms with E-state index in [1.807, 2.05) is 18.2 Å². The second kappa shape index (κ2) is 7.86. The van der Waals surface area contributed by atoms with Gasteiger partial charge in [0.1, 0.15) is 23.3 Å². The molecule has 13 heteroatoms. The molecule has 1 aliphatic rings. The number of fused-ring (bicyclic) bond motifs is 3. The minimum absolute atomic E-state index is 0.131. The van der Waals surface area contributed by atoms with Crippen molar-refractivity contribution in [1.82, 2.24) is 29.9 Å². The van der Waals surface area contributed by atoms with Gasteiger partial charge in [-0.25, -0.2) is 9.67 Å². The molecule has 0 atom stereocenters. The fraction of sp³-hybridized carbons (Fsp3) is 0.174. The van der Waals surface area contributed by atoms with Gasteiger partial charge in [0.2, 0.25) is 5.91 Å². The topological polar surface area (TPSA) is 131 Å². The van der Waals surface area contributed by atoms with Crippen LogP contribution in [0, 0.1) is 0 Å². The van der Waals surface area contributed by atoms with E-state index in [9.17, 15) is 18.4 Å². The molecule has 0 saturated heterocycles. The normalized spacial score (nSPS) is 14.0. The molecule has 1 amide bonds. The summed E-state index contributed by atoms with van der Waals surface area (Å²) in [5, 5.41) is 12.3. The Balaban J connectivity index is 1.36. The number of carbonyl (C=O) groups excluding carboxylic acids is 1. The molecular formula is C23H17F2N7O4. The lowest BCUT2D eigenvalue weighted by atomic mass is 10.1. The summed E-state index contributed by atoms with van der Waals surface area (Å²) in [6, 6.07) is 9.56. The highest BCUT2D eigenvalue weighted by atomic mass is 19.3. The molecule has 0 bridgehead atoms. The summed E-state index contributed by atoms with van der Waals surface area (Å²) < 4.78 is 36.8. The highest BCUT2D eigenvalue weighted by Gasteiger charge is 2.43. The summed E-state index contributed by atoms with van der Waals surface area (Å²) >= 11 is 0. The number of likely N-dealkylation sites (N-methyl/N-ethyl adjacent to an activating group) is 1. The average Bonchev–Trinajstić information content (AvgIpc) is 3.58. The third-order valence-electron chi connectivity index (χ3n) is 5.85. The Morgan fingerprint density at radius 2 is 2.00 bits per heavy atom. The van der Waals surface area contributed by atoms with Gasteiger partial charge in [-0.2, -0.15) is 10.2 Å². The number of anilines is 1. The summed E-state index contributed by atoms with van der Waals surface area (Å²) in [6.45, 7) is 1.53. The Hall–Kier alpha value is -4.81. The van der Waals surface area contributed by atoms with Gasteiger partial charge in [-0.15, -0.1) is 8.78 Å². The Bertz CT molecular complexity index is 1710. The van der Waals surface area contributed by atoms with E-state index in [0.29, 0.717) is 22.5 Å². The lowest BCUT2D eigenvalue weighted by Crippen LogP contribution is -2.37. The summed E-state index contributed by atoms with van der Waals surface area (Å²) in [5.74, 6) is -0.797. The number of imidazole rings is 1. The van der Waals surface area contributed by atoms with Gasteiger partial charge < -0.3 is 19.4 Å². The van der Waals surface area contributed by atoms with Crippen LogP contribution in [-0.2, 0) is 11.3 Å². The van der Waals surface area contributed by atoms with E-state index in [2.05, 4.69) is 34.7 Å². The van der Waals surface area contributed by atoms with Crippen LogP contribution >= 0.6 is 0 Å². The van der Waals surface area contributed by atoms with Gasteiger partial charge in [0.05, 0.1) is 18.0 Å². The van der Waals surface area contributed by atoms with Crippen LogP contribution in [0.1, 0.15) is 6.92 Å². The van der Waals surface area contributed by atoms with Crippen molar-refractivity contribution in [2.45, 2.75) is 19.8 Å². The number of H-pyrrole nitrogens is 2.